The van der Waals surface area contributed by atoms with Crippen molar-refractivity contribution >= 4 is 29.6 Å². The number of amides is 4. The minimum absolute atomic E-state index is 0.00320. The van der Waals surface area contributed by atoms with Crippen molar-refractivity contribution in [3.63, 3.8) is 0 Å². The van der Waals surface area contributed by atoms with Crippen LogP contribution in [0, 0.1) is 5.92 Å². The number of phenolic OH excluding ortho intramolecular Hbond substituents is 1. The van der Waals surface area contributed by atoms with Gasteiger partial charge in [-0.05, 0) is 23.6 Å². The van der Waals surface area contributed by atoms with Gasteiger partial charge in [0, 0.05) is 6.42 Å². The first-order valence-electron chi connectivity index (χ1n) is 10.4. The van der Waals surface area contributed by atoms with Crippen LogP contribution in [-0.4, -0.2) is 64.5 Å². The largest absolute Gasteiger partial charge is 0.508 e. The topological polar surface area (TPSA) is 214 Å². The summed E-state index contributed by atoms with van der Waals surface area (Å²) in [7, 11) is 0. The number of primary amides is 1. The van der Waals surface area contributed by atoms with Crippen molar-refractivity contribution in [3.05, 3.63) is 29.8 Å². The summed E-state index contributed by atoms with van der Waals surface area (Å²) >= 11 is 0. The molecule has 4 unspecified atom stereocenters. The minimum atomic E-state index is -1.39. The molecule has 0 radical (unpaired) electrons. The third-order valence-electron chi connectivity index (χ3n) is 5.02. The van der Waals surface area contributed by atoms with E-state index in [-0.39, 0.29) is 18.1 Å². The highest BCUT2D eigenvalue weighted by atomic mass is 16.4. The predicted octanol–water partition coefficient (Wildman–Crippen LogP) is -1.65. The smallest absolute Gasteiger partial charge is 0.322 e. The van der Waals surface area contributed by atoms with Gasteiger partial charge in [-0.1, -0.05) is 32.4 Å². The van der Waals surface area contributed by atoms with Crippen LogP contribution in [0.3, 0.4) is 0 Å². The van der Waals surface area contributed by atoms with Crippen molar-refractivity contribution in [2.45, 2.75) is 51.2 Å². The maximum absolute atomic E-state index is 12.9. The normalized spacial score (nSPS) is 14.3. The fourth-order valence-electron chi connectivity index (χ4n) is 2.83. The van der Waals surface area contributed by atoms with Gasteiger partial charge in [0.1, 0.15) is 24.4 Å². The van der Waals surface area contributed by atoms with Crippen molar-refractivity contribution in [2.24, 2.45) is 17.4 Å². The molecule has 0 aliphatic heterocycles. The molecule has 0 aliphatic carbocycles. The van der Waals surface area contributed by atoms with Gasteiger partial charge in [-0.25, -0.2) is 0 Å². The molecular formula is C21H31N5O7. The van der Waals surface area contributed by atoms with Gasteiger partial charge in [0.15, 0.2) is 0 Å². The van der Waals surface area contributed by atoms with Crippen LogP contribution in [0.1, 0.15) is 32.3 Å². The molecule has 0 spiro atoms. The molecule has 1 rings (SSSR count). The number of carboxylic acids is 1. The molecule has 0 heterocycles. The number of phenols is 1. The first kappa shape index (κ1) is 27.4. The first-order chi connectivity index (χ1) is 15.4. The average molecular weight is 466 g/mol. The molecule has 182 valence electrons. The first-order valence-corrected chi connectivity index (χ1v) is 10.4. The Morgan fingerprint density at radius 1 is 0.970 bits per heavy atom. The molecule has 0 aromatic heterocycles. The Morgan fingerprint density at radius 2 is 1.55 bits per heavy atom. The number of hydrogen-bond acceptors (Lipinski definition) is 7. The van der Waals surface area contributed by atoms with Crippen LogP contribution in [0.5, 0.6) is 5.75 Å². The Labute approximate surface area is 191 Å². The molecule has 0 saturated carbocycles. The zero-order valence-corrected chi connectivity index (χ0v) is 18.5. The fraction of sp³-hybridized carbons (Fsp3) is 0.476. The van der Waals surface area contributed by atoms with E-state index in [1.807, 2.05) is 6.92 Å². The van der Waals surface area contributed by atoms with Gasteiger partial charge >= 0.3 is 5.97 Å². The Balaban J connectivity index is 3.04. The van der Waals surface area contributed by atoms with Gasteiger partial charge in [-0.3, -0.25) is 24.0 Å². The van der Waals surface area contributed by atoms with E-state index in [0.29, 0.717) is 12.0 Å². The third-order valence-corrected chi connectivity index (χ3v) is 5.02. The zero-order chi connectivity index (χ0) is 25.1. The number of rotatable bonds is 13. The second-order valence-corrected chi connectivity index (χ2v) is 7.69. The summed E-state index contributed by atoms with van der Waals surface area (Å²) in [6.07, 6.45) is 0.0221. The van der Waals surface area contributed by atoms with Crippen molar-refractivity contribution in [2.75, 3.05) is 6.54 Å². The highest BCUT2D eigenvalue weighted by molar-refractivity contribution is 5.96. The van der Waals surface area contributed by atoms with Gasteiger partial charge in [0.05, 0.1) is 12.5 Å². The number of benzene rings is 1. The highest BCUT2D eigenvalue weighted by Crippen LogP contribution is 2.12. The quantitative estimate of drug-likeness (QED) is 0.179. The molecule has 12 nitrogen and oxygen atoms in total. The molecule has 4 amide bonds. The summed E-state index contributed by atoms with van der Waals surface area (Å²) in [6.45, 7) is 2.93. The molecule has 4 atom stereocenters. The van der Waals surface area contributed by atoms with Crippen molar-refractivity contribution in [3.8, 4) is 5.75 Å². The van der Waals surface area contributed by atoms with E-state index >= 15 is 0 Å². The number of nitrogens with two attached hydrogens (primary N) is 2. The minimum Gasteiger partial charge on any atom is -0.508 e. The lowest BCUT2D eigenvalue weighted by atomic mass is 9.98. The summed E-state index contributed by atoms with van der Waals surface area (Å²) in [5, 5.41) is 25.2. The van der Waals surface area contributed by atoms with Crippen LogP contribution in [0.25, 0.3) is 0 Å². The van der Waals surface area contributed by atoms with Crippen LogP contribution in [0.4, 0.5) is 0 Å². The Bertz CT molecular complexity index is 859. The van der Waals surface area contributed by atoms with Gasteiger partial charge in [0.25, 0.3) is 0 Å². The standard InChI is InChI=1S/C21H31N5O7/c1-3-11(2)18(23)21(33)26-15(9-16(22)28)20(32)25-14(19(31)24-10-17(29)30)8-12-4-6-13(27)7-5-12/h4-7,11,14-15,18,27H,3,8-10,23H2,1-2H3,(H2,22,28)(H,24,31)(H,25,32)(H,26,33)(H,29,30). The molecule has 0 aliphatic rings. The van der Waals surface area contributed by atoms with E-state index in [1.54, 1.807) is 6.92 Å². The molecule has 9 N–H and O–H groups in total. The second kappa shape index (κ2) is 13.0. The van der Waals surface area contributed by atoms with Crippen LogP contribution < -0.4 is 27.4 Å². The average Bonchev–Trinajstić information content (AvgIpc) is 2.76. The maximum Gasteiger partial charge on any atom is 0.322 e. The highest BCUT2D eigenvalue weighted by Gasteiger charge is 2.30. The Morgan fingerprint density at radius 3 is 2.06 bits per heavy atom. The number of carbonyl (C=O) groups excluding carboxylic acids is 4. The zero-order valence-electron chi connectivity index (χ0n) is 18.5. The molecule has 0 fully saturated rings. The van der Waals surface area contributed by atoms with E-state index in [2.05, 4.69) is 16.0 Å². The van der Waals surface area contributed by atoms with Gasteiger partial charge in [0.2, 0.25) is 23.6 Å². The lowest BCUT2D eigenvalue weighted by molar-refractivity contribution is -0.138. The van der Waals surface area contributed by atoms with Crippen LogP contribution >= 0.6 is 0 Å². The Kier molecular flexibility index (Phi) is 10.8. The lowest BCUT2D eigenvalue weighted by Gasteiger charge is -2.25. The lowest BCUT2D eigenvalue weighted by Crippen LogP contribution is -2.57. The van der Waals surface area contributed by atoms with E-state index in [1.165, 1.54) is 24.3 Å². The number of carboxylic acid groups (broad SMARTS) is 1. The van der Waals surface area contributed by atoms with Crippen LogP contribution in [-0.2, 0) is 30.4 Å². The molecule has 33 heavy (non-hydrogen) atoms. The Hall–Kier alpha value is -3.67. The van der Waals surface area contributed by atoms with Gasteiger partial charge < -0.3 is 37.6 Å². The molecule has 1 aromatic carbocycles. The van der Waals surface area contributed by atoms with Crippen LogP contribution in [0.2, 0.25) is 0 Å². The molecule has 1 aromatic rings. The summed E-state index contributed by atoms with van der Waals surface area (Å²) < 4.78 is 0. The van der Waals surface area contributed by atoms with E-state index in [4.69, 9.17) is 16.6 Å². The van der Waals surface area contributed by atoms with E-state index in [9.17, 15) is 29.1 Å². The van der Waals surface area contributed by atoms with E-state index in [0.717, 1.165) is 0 Å². The number of carbonyl (C=O) groups is 5. The van der Waals surface area contributed by atoms with Crippen molar-refractivity contribution in [1.82, 2.24) is 16.0 Å². The number of aromatic hydroxyl groups is 1. The summed E-state index contributed by atoms with van der Waals surface area (Å²) in [5.74, 6) is -4.65. The molecule has 12 heteroatoms. The predicted molar refractivity (Wildman–Crippen MR) is 118 cm³/mol. The fourth-order valence-corrected chi connectivity index (χ4v) is 2.83. The SMILES string of the molecule is CCC(C)C(N)C(=O)NC(CC(N)=O)C(=O)NC(Cc1ccc(O)cc1)C(=O)NCC(=O)O. The summed E-state index contributed by atoms with van der Waals surface area (Å²) in [4.78, 5) is 60.1. The van der Waals surface area contributed by atoms with Gasteiger partial charge in [-0.2, -0.15) is 0 Å². The third kappa shape index (κ3) is 9.56. The molecule has 0 bridgehead atoms. The number of nitrogens with one attached hydrogen (secondary N) is 3. The van der Waals surface area contributed by atoms with Crippen molar-refractivity contribution < 1.29 is 34.2 Å². The molecule has 0 saturated heterocycles. The monoisotopic (exact) mass is 465 g/mol. The maximum atomic E-state index is 12.9. The number of aliphatic carboxylic acids is 1. The van der Waals surface area contributed by atoms with Crippen molar-refractivity contribution in [1.29, 1.82) is 0 Å². The number of hydrogen-bond donors (Lipinski definition) is 7. The van der Waals surface area contributed by atoms with Gasteiger partial charge in [-0.15, -0.1) is 0 Å². The summed E-state index contributed by atoms with van der Waals surface area (Å²) in [6, 6.07) is 2.26. The van der Waals surface area contributed by atoms with E-state index < -0.39 is 60.7 Å². The molecular weight excluding hydrogens is 434 g/mol. The summed E-state index contributed by atoms with van der Waals surface area (Å²) in [5.41, 5.74) is 11.6. The second-order valence-electron chi connectivity index (χ2n) is 7.69. The van der Waals surface area contributed by atoms with Crippen LogP contribution in [0.15, 0.2) is 24.3 Å².